The van der Waals surface area contributed by atoms with Crippen molar-refractivity contribution in [2.75, 3.05) is 27.4 Å². The number of ether oxygens (including phenoxy) is 2. The van der Waals surface area contributed by atoms with E-state index in [4.69, 9.17) is 9.47 Å². The molecular formula is C18H24N4O5. The number of carbonyl (C=O) groups excluding carboxylic acids is 3. The van der Waals surface area contributed by atoms with E-state index in [9.17, 15) is 19.6 Å². The number of aromatic nitrogens is 1. The molecule has 1 aromatic rings. The van der Waals surface area contributed by atoms with Gasteiger partial charge in [-0.2, -0.15) is 5.26 Å². The van der Waals surface area contributed by atoms with Gasteiger partial charge < -0.3 is 19.4 Å². The lowest BCUT2D eigenvalue weighted by Crippen LogP contribution is -2.39. The minimum absolute atomic E-state index is 0.0862. The van der Waals surface area contributed by atoms with E-state index in [-0.39, 0.29) is 11.6 Å². The predicted octanol–water partition coefficient (Wildman–Crippen LogP) is 1.22. The number of amides is 3. The monoisotopic (exact) mass is 376 g/mol. The predicted molar refractivity (Wildman–Crippen MR) is 97.6 cm³/mol. The Morgan fingerprint density at radius 3 is 2.59 bits per heavy atom. The number of urea groups is 1. The van der Waals surface area contributed by atoms with E-state index in [1.165, 1.54) is 13.1 Å². The summed E-state index contributed by atoms with van der Waals surface area (Å²) in [5, 5.41) is 13.4. The van der Waals surface area contributed by atoms with Gasteiger partial charge in [0.2, 0.25) is 0 Å². The van der Waals surface area contributed by atoms with Crippen molar-refractivity contribution in [1.29, 1.82) is 5.26 Å². The molecule has 0 saturated heterocycles. The quantitative estimate of drug-likeness (QED) is 0.419. The first-order chi connectivity index (χ1) is 12.7. The van der Waals surface area contributed by atoms with Gasteiger partial charge in [-0.15, -0.1) is 0 Å². The second-order valence-electron chi connectivity index (χ2n) is 5.87. The normalized spacial score (nSPS) is 12.1. The van der Waals surface area contributed by atoms with E-state index in [0.29, 0.717) is 12.2 Å². The summed E-state index contributed by atoms with van der Waals surface area (Å²) < 4.78 is 12.0. The Labute approximate surface area is 157 Å². The maximum Gasteiger partial charge on any atom is 0.349 e. The molecular weight excluding hydrogens is 352 g/mol. The highest BCUT2D eigenvalue weighted by molar-refractivity contribution is 6.00. The fraction of sp³-hybridized carbons (Fsp3) is 0.444. The fourth-order valence-electron chi connectivity index (χ4n) is 2.67. The molecule has 1 atom stereocenters. The summed E-state index contributed by atoms with van der Waals surface area (Å²) in [6.07, 6.45) is 1.41. The molecule has 1 rings (SSSR count). The Kier molecular flexibility index (Phi) is 8.23. The lowest BCUT2D eigenvalue weighted by Gasteiger charge is -2.17. The summed E-state index contributed by atoms with van der Waals surface area (Å²) in [6, 6.07) is 3.00. The van der Waals surface area contributed by atoms with Crippen LogP contribution in [0.3, 0.4) is 0 Å². The summed E-state index contributed by atoms with van der Waals surface area (Å²) in [6.45, 7) is 5.65. The number of rotatable bonds is 7. The lowest BCUT2D eigenvalue weighted by molar-refractivity contribution is -0.144. The van der Waals surface area contributed by atoms with Crippen LogP contribution in [0.4, 0.5) is 4.79 Å². The molecule has 0 radical (unpaired) electrons. The minimum atomic E-state index is -0.945. The van der Waals surface area contributed by atoms with Gasteiger partial charge in [-0.3, -0.25) is 10.1 Å². The van der Waals surface area contributed by atoms with E-state index in [0.717, 1.165) is 11.4 Å². The van der Waals surface area contributed by atoms with Crippen LogP contribution in [0.25, 0.3) is 6.08 Å². The lowest BCUT2D eigenvalue weighted by atomic mass is 10.1. The number of carbonyl (C=O) groups is 3. The van der Waals surface area contributed by atoms with Gasteiger partial charge in [0, 0.05) is 25.5 Å². The van der Waals surface area contributed by atoms with Crippen molar-refractivity contribution in [3.05, 3.63) is 28.6 Å². The number of nitrogens with zero attached hydrogens (tertiary/aromatic N) is 2. The Hall–Kier alpha value is -3.12. The number of nitriles is 1. The zero-order chi connectivity index (χ0) is 20.6. The molecule has 0 aliphatic carbocycles. The summed E-state index contributed by atoms with van der Waals surface area (Å²) in [4.78, 5) is 34.5. The van der Waals surface area contributed by atoms with Gasteiger partial charge in [0.15, 0.2) is 6.61 Å². The molecule has 0 spiro atoms. The second-order valence-corrected chi connectivity index (χ2v) is 5.87. The average Bonchev–Trinajstić information content (AvgIpc) is 2.90. The van der Waals surface area contributed by atoms with Crippen LogP contribution in [0.5, 0.6) is 0 Å². The highest BCUT2D eigenvalue weighted by Gasteiger charge is 2.17. The van der Waals surface area contributed by atoms with Gasteiger partial charge in [-0.25, -0.2) is 9.59 Å². The molecule has 0 bridgehead atoms. The molecule has 146 valence electrons. The van der Waals surface area contributed by atoms with Crippen LogP contribution in [0, 0.1) is 25.2 Å². The smallest absolute Gasteiger partial charge is 0.349 e. The molecule has 9 heteroatoms. The van der Waals surface area contributed by atoms with Gasteiger partial charge in [0.05, 0.1) is 12.6 Å². The Morgan fingerprint density at radius 2 is 2.04 bits per heavy atom. The maximum atomic E-state index is 12.1. The van der Waals surface area contributed by atoms with Crippen LogP contribution >= 0.6 is 0 Å². The van der Waals surface area contributed by atoms with Gasteiger partial charge in [0.25, 0.3) is 5.91 Å². The van der Waals surface area contributed by atoms with E-state index in [1.54, 1.807) is 13.2 Å². The van der Waals surface area contributed by atoms with Gasteiger partial charge in [-0.1, -0.05) is 0 Å². The number of hydrogen-bond acceptors (Lipinski definition) is 6. The Balaban J connectivity index is 2.93. The third-order valence-electron chi connectivity index (χ3n) is 3.83. The highest BCUT2D eigenvalue weighted by atomic mass is 16.5. The molecule has 2 N–H and O–H groups in total. The highest BCUT2D eigenvalue weighted by Crippen LogP contribution is 2.23. The third kappa shape index (κ3) is 5.97. The zero-order valence-corrected chi connectivity index (χ0v) is 16.1. The summed E-state index contributed by atoms with van der Waals surface area (Å²) in [5.41, 5.74) is 2.27. The zero-order valence-electron chi connectivity index (χ0n) is 16.1. The first-order valence-electron chi connectivity index (χ1n) is 8.22. The number of imide groups is 1. The maximum absolute atomic E-state index is 12.1. The molecule has 0 aliphatic heterocycles. The molecule has 9 nitrogen and oxygen atoms in total. The Morgan fingerprint density at radius 1 is 1.37 bits per heavy atom. The summed E-state index contributed by atoms with van der Waals surface area (Å²) in [5.74, 6) is -1.74. The standard InChI is InChI=1S/C18H24N4O5/c1-11-6-14(13(3)22(11)12(2)9-26-5)7-15(8-19)17(24)27-10-16(23)21-18(25)20-4/h6-7,12H,9-10H2,1-5H3,(H2,20,21,23,25)/b15-7+/t12-/m0/s1. The van der Waals surface area contributed by atoms with Crippen LogP contribution in [0.15, 0.2) is 11.6 Å². The van der Waals surface area contributed by atoms with E-state index in [1.807, 2.05) is 36.7 Å². The number of methoxy groups -OCH3 is 1. The Bertz CT molecular complexity index is 788. The first-order valence-corrected chi connectivity index (χ1v) is 8.22. The topological polar surface area (TPSA) is 122 Å². The fourth-order valence-corrected chi connectivity index (χ4v) is 2.67. The van der Waals surface area contributed by atoms with Gasteiger partial charge >= 0.3 is 12.0 Å². The number of aryl methyl sites for hydroxylation is 1. The molecule has 0 fully saturated rings. The van der Waals surface area contributed by atoms with Crippen LogP contribution in [-0.4, -0.2) is 49.8 Å². The average molecular weight is 376 g/mol. The minimum Gasteiger partial charge on any atom is -0.451 e. The number of hydrogen-bond donors (Lipinski definition) is 2. The molecule has 27 heavy (non-hydrogen) atoms. The SMILES string of the molecule is CNC(=O)NC(=O)COC(=O)/C(C#N)=C/c1cc(C)n([C@@H](C)COC)c1C. The van der Waals surface area contributed by atoms with Gasteiger partial charge in [0.1, 0.15) is 11.6 Å². The van der Waals surface area contributed by atoms with E-state index >= 15 is 0 Å². The van der Waals surface area contributed by atoms with Crippen LogP contribution in [0.1, 0.15) is 29.9 Å². The van der Waals surface area contributed by atoms with Crippen molar-refractivity contribution in [3.8, 4) is 6.07 Å². The molecule has 0 aromatic carbocycles. The van der Waals surface area contributed by atoms with E-state index in [2.05, 4.69) is 5.32 Å². The molecule has 0 aliphatic rings. The van der Waals surface area contributed by atoms with Crippen LogP contribution < -0.4 is 10.6 Å². The first kappa shape index (κ1) is 21.9. The molecule has 0 saturated carbocycles. The van der Waals surface area contributed by atoms with Crippen molar-refractivity contribution in [3.63, 3.8) is 0 Å². The summed E-state index contributed by atoms with van der Waals surface area (Å²) >= 11 is 0. The van der Waals surface area contributed by atoms with Crippen LogP contribution in [0.2, 0.25) is 0 Å². The second kappa shape index (κ2) is 10.1. The third-order valence-corrected chi connectivity index (χ3v) is 3.83. The van der Waals surface area contributed by atoms with Crippen LogP contribution in [-0.2, 0) is 19.1 Å². The number of nitrogens with one attached hydrogen (secondary N) is 2. The van der Waals surface area contributed by atoms with Gasteiger partial charge in [-0.05, 0) is 38.5 Å². The van der Waals surface area contributed by atoms with Crippen molar-refractivity contribution < 1.29 is 23.9 Å². The largest absolute Gasteiger partial charge is 0.451 e. The summed E-state index contributed by atoms with van der Waals surface area (Å²) in [7, 11) is 2.96. The van der Waals surface area contributed by atoms with Crippen molar-refractivity contribution in [2.24, 2.45) is 0 Å². The molecule has 1 aromatic heterocycles. The van der Waals surface area contributed by atoms with Crippen molar-refractivity contribution in [2.45, 2.75) is 26.8 Å². The van der Waals surface area contributed by atoms with Crippen molar-refractivity contribution >= 4 is 24.0 Å². The van der Waals surface area contributed by atoms with Crippen molar-refractivity contribution in [1.82, 2.24) is 15.2 Å². The molecule has 1 heterocycles. The number of esters is 1. The van der Waals surface area contributed by atoms with E-state index < -0.39 is 24.5 Å². The molecule has 0 unspecified atom stereocenters. The molecule has 3 amide bonds.